The minimum atomic E-state index is -0.617. The predicted molar refractivity (Wildman–Crippen MR) is 108 cm³/mol. The first-order valence-electron chi connectivity index (χ1n) is 8.30. The standard InChI is InChI=1S/C19H21ClFN3O2.ClH/c1-2-5-17(22)19(26)24-13-8-9-15(20)14(10-13)18(25)23-11-12-6-3-4-7-16(12)21;/h3-4,6-10,17H,2,5,11,22H2,1H3,(H,23,25)(H,24,26);1H. The molecule has 1 atom stereocenters. The van der Waals surface area contributed by atoms with Crippen LogP contribution < -0.4 is 16.4 Å². The van der Waals surface area contributed by atoms with E-state index < -0.39 is 17.8 Å². The molecule has 8 heteroatoms. The largest absolute Gasteiger partial charge is 0.348 e. The molecule has 0 bridgehead atoms. The van der Waals surface area contributed by atoms with Gasteiger partial charge < -0.3 is 16.4 Å². The second kappa shape index (κ2) is 10.9. The molecule has 5 nitrogen and oxygen atoms in total. The molecular formula is C19H22Cl2FN3O2. The highest BCUT2D eigenvalue weighted by Crippen LogP contribution is 2.21. The zero-order valence-electron chi connectivity index (χ0n) is 14.8. The molecule has 0 saturated heterocycles. The fourth-order valence-corrected chi connectivity index (χ4v) is 2.57. The lowest BCUT2D eigenvalue weighted by molar-refractivity contribution is -0.117. The second-order valence-corrected chi connectivity index (χ2v) is 6.26. The van der Waals surface area contributed by atoms with Crippen LogP contribution >= 0.6 is 24.0 Å². The van der Waals surface area contributed by atoms with Gasteiger partial charge in [-0.3, -0.25) is 9.59 Å². The number of nitrogens with one attached hydrogen (secondary N) is 2. The summed E-state index contributed by atoms with van der Waals surface area (Å²) in [6.45, 7) is 1.97. The van der Waals surface area contributed by atoms with Crippen molar-refractivity contribution in [1.29, 1.82) is 0 Å². The molecule has 4 N–H and O–H groups in total. The van der Waals surface area contributed by atoms with E-state index in [1.807, 2.05) is 6.92 Å². The number of rotatable bonds is 7. The number of amides is 2. The smallest absolute Gasteiger partial charge is 0.253 e. The highest BCUT2D eigenvalue weighted by Gasteiger charge is 2.15. The third kappa shape index (κ3) is 6.50. The molecule has 0 spiro atoms. The van der Waals surface area contributed by atoms with Crippen molar-refractivity contribution in [2.24, 2.45) is 5.73 Å². The third-order valence-corrected chi connectivity index (χ3v) is 4.14. The zero-order valence-corrected chi connectivity index (χ0v) is 16.4. The van der Waals surface area contributed by atoms with Crippen molar-refractivity contribution in [2.45, 2.75) is 32.4 Å². The Bertz CT molecular complexity index is 802. The Morgan fingerprint density at radius 1 is 1.22 bits per heavy atom. The molecule has 0 fully saturated rings. The van der Waals surface area contributed by atoms with Crippen molar-refractivity contribution >= 4 is 41.5 Å². The van der Waals surface area contributed by atoms with Crippen molar-refractivity contribution in [3.8, 4) is 0 Å². The van der Waals surface area contributed by atoms with Crippen molar-refractivity contribution in [3.63, 3.8) is 0 Å². The van der Waals surface area contributed by atoms with Crippen LogP contribution in [0, 0.1) is 5.82 Å². The van der Waals surface area contributed by atoms with Gasteiger partial charge in [0.25, 0.3) is 5.91 Å². The number of carbonyl (C=O) groups is 2. The van der Waals surface area contributed by atoms with E-state index >= 15 is 0 Å². The first-order valence-corrected chi connectivity index (χ1v) is 8.67. The Hall–Kier alpha value is -2.15. The van der Waals surface area contributed by atoms with Crippen LogP contribution in [0.15, 0.2) is 42.5 Å². The minimum absolute atomic E-state index is 0. The van der Waals surface area contributed by atoms with Crippen LogP contribution in [0.2, 0.25) is 5.02 Å². The summed E-state index contributed by atoms with van der Waals surface area (Å²) < 4.78 is 13.6. The fraction of sp³-hybridized carbons (Fsp3) is 0.263. The van der Waals surface area contributed by atoms with Crippen LogP contribution in [-0.2, 0) is 11.3 Å². The molecule has 2 aromatic carbocycles. The molecule has 2 aromatic rings. The first kappa shape index (κ1) is 22.9. The maximum Gasteiger partial charge on any atom is 0.253 e. The molecule has 0 aliphatic heterocycles. The maximum atomic E-state index is 13.6. The van der Waals surface area contributed by atoms with Crippen molar-refractivity contribution in [1.82, 2.24) is 5.32 Å². The number of halogens is 3. The average molecular weight is 414 g/mol. The van der Waals surface area contributed by atoms with E-state index in [4.69, 9.17) is 17.3 Å². The third-order valence-electron chi connectivity index (χ3n) is 3.81. The summed E-state index contributed by atoms with van der Waals surface area (Å²) in [6.07, 6.45) is 1.36. The highest BCUT2D eigenvalue weighted by atomic mass is 35.5. The van der Waals surface area contributed by atoms with Gasteiger partial charge in [0, 0.05) is 17.8 Å². The lowest BCUT2D eigenvalue weighted by Crippen LogP contribution is -2.35. The topological polar surface area (TPSA) is 84.2 Å². The maximum absolute atomic E-state index is 13.6. The van der Waals surface area contributed by atoms with E-state index in [0.29, 0.717) is 17.7 Å². The molecule has 27 heavy (non-hydrogen) atoms. The summed E-state index contributed by atoms with van der Waals surface area (Å²) in [7, 11) is 0. The van der Waals surface area contributed by atoms with Crippen LogP contribution in [0.5, 0.6) is 0 Å². The lowest BCUT2D eigenvalue weighted by atomic mass is 10.1. The fourth-order valence-electron chi connectivity index (χ4n) is 2.37. The molecule has 0 heterocycles. The zero-order chi connectivity index (χ0) is 19.1. The van der Waals surface area contributed by atoms with E-state index in [-0.39, 0.29) is 35.4 Å². The van der Waals surface area contributed by atoms with Gasteiger partial charge in [-0.2, -0.15) is 0 Å². The lowest BCUT2D eigenvalue weighted by Gasteiger charge is -2.13. The van der Waals surface area contributed by atoms with E-state index in [9.17, 15) is 14.0 Å². The molecule has 0 radical (unpaired) electrons. The van der Waals surface area contributed by atoms with E-state index in [2.05, 4.69) is 10.6 Å². The average Bonchev–Trinajstić information content (AvgIpc) is 2.62. The van der Waals surface area contributed by atoms with Crippen molar-refractivity contribution in [2.75, 3.05) is 5.32 Å². The normalized spacial score (nSPS) is 11.3. The van der Waals surface area contributed by atoms with Gasteiger partial charge in [-0.25, -0.2) is 4.39 Å². The molecule has 0 aromatic heterocycles. The van der Waals surface area contributed by atoms with Crippen LogP contribution in [0.25, 0.3) is 0 Å². The molecule has 0 aliphatic carbocycles. The van der Waals surface area contributed by atoms with Crippen LogP contribution in [0.1, 0.15) is 35.7 Å². The Morgan fingerprint density at radius 3 is 2.59 bits per heavy atom. The van der Waals surface area contributed by atoms with Crippen molar-refractivity contribution in [3.05, 3.63) is 64.4 Å². The van der Waals surface area contributed by atoms with Crippen LogP contribution in [0.4, 0.5) is 10.1 Å². The molecular weight excluding hydrogens is 392 g/mol. The molecule has 2 amide bonds. The quantitative estimate of drug-likeness (QED) is 0.643. The number of hydrogen-bond donors (Lipinski definition) is 3. The van der Waals surface area contributed by atoms with Gasteiger partial charge >= 0.3 is 0 Å². The minimum Gasteiger partial charge on any atom is -0.348 e. The van der Waals surface area contributed by atoms with Gasteiger partial charge in [0.2, 0.25) is 5.91 Å². The summed E-state index contributed by atoms with van der Waals surface area (Å²) in [5, 5.41) is 5.52. The Labute approximate surface area is 168 Å². The Morgan fingerprint density at radius 2 is 1.93 bits per heavy atom. The van der Waals surface area contributed by atoms with E-state index in [1.54, 1.807) is 24.3 Å². The Balaban J connectivity index is 0.00000364. The summed E-state index contributed by atoms with van der Waals surface area (Å²) in [6, 6.07) is 10.1. The van der Waals surface area contributed by atoms with Gasteiger partial charge in [0.1, 0.15) is 5.82 Å². The summed E-state index contributed by atoms with van der Waals surface area (Å²) in [4.78, 5) is 24.4. The molecule has 146 valence electrons. The van der Waals surface area contributed by atoms with E-state index in [0.717, 1.165) is 6.42 Å². The molecule has 1 unspecified atom stereocenters. The monoisotopic (exact) mass is 413 g/mol. The summed E-state index contributed by atoms with van der Waals surface area (Å²) in [5.41, 5.74) is 6.75. The van der Waals surface area contributed by atoms with Gasteiger partial charge in [0.05, 0.1) is 16.6 Å². The number of nitrogens with two attached hydrogens (primary N) is 1. The van der Waals surface area contributed by atoms with Crippen molar-refractivity contribution < 1.29 is 14.0 Å². The molecule has 2 rings (SSSR count). The molecule has 0 aliphatic rings. The van der Waals surface area contributed by atoms with E-state index in [1.165, 1.54) is 18.2 Å². The number of carbonyl (C=O) groups excluding carboxylic acids is 2. The number of benzene rings is 2. The SMILES string of the molecule is CCCC(N)C(=O)Nc1ccc(Cl)c(C(=O)NCc2ccccc2F)c1.Cl. The number of hydrogen-bond acceptors (Lipinski definition) is 3. The van der Waals surface area contributed by atoms with Gasteiger partial charge in [-0.1, -0.05) is 43.1 Å². The highest BCUT2D eigenvalue weighted by molar-refractivity contribution is 6.34. The predicted octanol–water partition coefficient (Wildman–Crippen LogP) is 3.90. The summed E-state index contributed by atoms with van der Waals surface area (Å²) in [5.74, 6) is -1.19. The molecule has 0 saturated carbocycles. The summed E-state index contributed by atoms with van der Waals surface area (Å²) >= 11 is 6.08. The van der Waals surface area contributed by atoms with Gasteiger partial charge in [0.15, 0.2) is 0 Å². The Kier molecular flexibility index (Phi) is 9.21. The van der Waals surface area contributed by atoms with Crippen LogP contribution in [0.3, 0.4) is 0 Å². The number of anilines is 1. The van der Waals surface area contributed by atoms with Gasteiger partial charge in [-0.15, -0.1) is 12.4 Å². The second-order valence-electron chi connectivity index (χ2n) is 5.85. The van der Waals surface area contributed by atoms with Gasteiger partial charge in [-0.05, 0) is 30.7 Å². The van der Waals surface area contributed by atoms with Crippen LogP contribution in [-0.4, -0.2) is 17.9 Å². The first-order chi connectivity index (χ1) is 12.4.